The lowest BCUT2D eigenvalue weighted by Gasteiger charge is -2.36. The zero-order valence-corrected chi connectivity index (χ0v) is 20.0. The van der Waals surface area contributed by atoms with Crippen molar-refractivity contribution in [2.75, 3.05) is 32.3 Å². The number of hydrogen-bond donors (Lipinski definition) is 1. The molecule has 1 heterocycles. The Morgan fingerprint density at radius 3 is 1.91 bits per heavy atom. The van der Waals surface area contributed by atoms with Gasteiger partial charge < -0.3 is 24.7 Å². The smallest absolute Gasteiger partial charge is 0.355 e. The van der Waals surface area contributed by atoms with Gasteiger partial charge in [-0.2, -0.15) is 5.26 Å². The number of methoxy groups -OCH3 is 2. The number of nitriles is 1. The molecular formula is C26H27N3O6. The Kier molecular flexibility index (Phi) is 8.00. The molecule has 0 saturated heterocycles. The van der Waals surface area contributed by atoms with Gasteiger partial charge in [-0.15, -0.1) is 0 Å². The Hall–Kier alpha value is -4.45. The van der Waals surface area contributed by atoms with Crippen molar-refractivity contribution in [3.8, 4) is 17.6 Å². The van der Waals surface area contributed by atoms with Crippen LogP contribution < -0.4 is 20.1 Å². The summed E-state index contributed by atoms with van der Waals surface area (Å²) in [7, 11) is 3.06. The Morgan fingerprint density at radius 1 is 0.914 bits per heavy atom. The topological polar surface area (TPSA) is 124 Å². The van der Waals surface area contributed by atoms with E-state index >= 15 is 0 Å². The number of benzene rings is 2. The maximum atomic E-state index is 13.3. The van der Waals surface area contributed by atoms with Crippen molar-refractivity contribution in [3.05, 3.63) is 76.8 Å². The standard InChI is InChI=1S/C26H27N3O6/c1-5-34-25(30)22-21(16-7-11-18(32-3)12-8-16)20(15-27)24(28)29(23(22)26(31)35-6-2)17-9-13-19(33-4)14-10-17/h7-14,21H,5-6,28H2,1-4H3. The first-order valence-electron chi connectivity index (χ1n) is 11.0. The fourth-order valence-corrected chi connectivity index (χ4v) is 3.87. The van der Waals surface area contributed by atoms with Crippen molar-refractivity contribution in [3.63, 3.8) is 0 Å². The van der Waals surface area contributed by atoms with E-state index in [2.05, 4.69) is 6.07 Å². The molecule has 1 aliphatic heterocycles. The molecule has 0 spiro atoms. The fourth-order valence-electron chi connectivity index (χ4n) is 3.87. The lowest BCUT2D eigenvalue weighted by molar-refractivity contribution is -0.142. The summed E-state index contributed by atoms with van der Waals surface area (Å²) >= 11 is 0. The van der Waals surface area contributed by atoms with Gasteiger partial charge in [-0.25, -0.2) is 9.59 Å². The second-order valence-corrected chi connectivity index (χ2v) is 7.35. The number of hydrogen-bond acceptors (Lipinski definition) is 9. The predicted molar refractivity (Wildman–Crippen MR) is 128 cm³/mol. The second-order valence-electron chi connectivity index (χ2n) is 7.35. The molecule has 1 atom stereocenters. The van der Waals surface area contributed by atoms with E-state index in [0.29, 0.717) is 22.7 Å². The van der Waals surface area contributed by atoms with E-state index in [4.69, 9.17) is 24.7 Å². The molecular weight excluding hydrogens is 450 g/mol. The second kappa shape index (κ2) is 11.1. The first kappa shape index (κ1) is 25.2. The van der Waals surface area contributed by atoms with Crippen molar-refractivity contribution in [1.29, 1.82) is 5.26 Å². The zero-order valence-electron chi connectivity index (χ0n) is 20.0. The van der Waals surface area contributed by atoms with Gasteiger partial charge >= 0.3 is 11.9 Å². The molecule has 182 valence electrons. The number of rotatable bonds is 8. The van der Waals surface area contributed by atoms with Crippen molar-refractivity contribution in [2.24, 2.45) is 5.73 Å². The molecule has 1 aliphatic rings. The molecule has 9 heteroatoms. The fraction of sp³-hybridized carbons (Fsp3) is 0.269. The number of carbonyl (C=O) groups is 2. The van der Waals surface area contributed by atoms with Crippen LogP contribution in [0.1, 0.15) is 25.3 Å². The van der Waals surface area contributed by atoms with E-state index in [0.717, 1.165) is 0 Å². The predicted octanol–water partition coefficient (Wildman–Crippen LogP) is 3.38. The van der Waals surface area contributed by atoms with Crippen LogP contribution in [0, 0.1) is 11.3 Å². The summed E-state index contributed by atoms with van der Waals surface area (Å²) in [6, 6.07) is 15.6. The highest BCUT2D eigenvalue weighted by Gasteiger charge is 2.43. The maximum Gasteiger partial charge on any atom is 0.355 e. The minimum atomic E-state index is -0.959. The molecule has 2 N–H and O–H groups in total. The average molecular weight is 478 g/mol. The number of nitrogens with two attached hydrogens (primary N) is 1. The molecule has 0 radical (unpaired) electrons. The Bertz CT molecular complexity index is 1190. The maximum absolute atomic E-state index is 13.3. The summed E-state index contributed by atoms with van der Waals surface area (Å²) in [5, 5.41) is 10.1. The third kappa shape index (κ3) is 4.92. The van der Waals surface area contributed by atoms with Crippen LogP contribution in [0.15, 0.2) is 71.2 Å². The average Bonchev–Trinajstić information content (AvgIpc) is 2.88. The summed E-state index contributed by atoms with van der Waals surface area (Å²) in [4.78, 5) is 28.0. The number of anilines is 1. The Balaban J connectivity index is 2.36. The molecule has 9 nitrogen and oxygen atoms in total. The highest BCUT2D eigenvalue weighted by atomic mass is 16.5. The van der Waals surface area contributed by atoms with Gasteiger partial charge in [0.15, 0.2) is 0 Å². The van der Waals surface area contributed by atoms with Crippen molar-refractivity contribution >= 4 is 17.6 Å². The van der Waals surface area contributed by atoms with Crippen LogP contribution in [0.2, 0.25) is 0 Å². The molecule has 0 amide bonds. The molecule has 0 aromatic heterocycles. The molecule has 2 aromatic rings. The minimum absolute atomic E-state index is 0.00501. The van der Waals surface area contributed by atoms with E-state index in [1.165, 1.54) is 19.1 Å². The summed E-state index contributed by atoms with van der Waals surface area (Å²) in [6.07, 6.45) is 0. The van der Waals surface area contributed by atoms with E-state index in [9.17, 15) is 14.9 Å². The lowest BCUT2D eigenvalue weighted by Crippen LogP contribution is -2.41. The van der Waals surface area contributed by atoms with Crippen LogP contribution in [-0.2, 0) is 19.1 Å². The van der Waals surface area contributed by atoms with Crippen molar-refractivity contribution < 1.29 is 28.5 Å². The summed E-state index contributed by atoms with van der Waals surface area (Å²) < 4.78 is 21.1. The SMILES string of the molecule is CCOC(=O)C1=C(C(=O)OCC)N(c2ccc(OC)cc2)C(N)=C(C#N)C1c1ccc(OC)cc1. The number of esters is 2. The normalized spacial score (nSPS) is 15.4. The Morgan fingerprint density at radius 2 is 1.43 bits per heavy atom. The molecule has 0 aliphatic carbocycles. The van der Waals surface area contributed by atoms with E-state index in [1.807, 2.05) is 0 Å². The highest BCUT2D eigenvalue weighted by molar-refractivity contribution is 6.06. The number of allylic oxidation sites excluding steroid dienone is 1. The number of carbonyl (C=O) groups excluding carboxylic acids is 2. The third-order valence-corrected chi connectivity index (χ3v) is 5.44. The van der Waals surface area contributed by atoms with Gasteiger partial charge in [0.1, 0.15) is 23.0 Å². The molecule has 0 fully saturated rings. The quantitative estimate of drug-likeness (QED) is 0.570. The van der Waals surface area contributed by atoms with Gasteiger partial charge in [-0.1, -0.05) is 12.1 Å². The lowest BCUT2D eigenvalue weighted by atomic mass is 9.81. The van der Waals surface area contributed by atoms with Crippen LogP contribution in [-0.4, -0.2) is 39.4 Å². The van der Waals surface area contributed by atoms with Crippen LogP contribution in [0.5, 0.6) is 11.5 Å². The van der Waals surface area contributed by atoms with Gasteiger partial charge in [0, 0.05) is 5.69 Å². The number of nitrogens with zero attached hydrogens (tertiary/aromatic N) is 2. The summed E-state index contributed by atoms with van der Waals surface area (Å²) in [5.41, 5.74) is 7.44. The molecule has 2 aromatic carbocycles. The van der Waals surface area contributed by atoms with Crippen LogP contribution in [0.3, 0.4) is 0 Å². The monoisotopic (exact) mass is 477 g/mol. The van der Waals surface area contributed by atoms with Crippen LogP contribution >= 0.6 is 0 Å². The van der Waals surface area contributed by atoms with E-state index < -0.39 is 17.9 Å². The summed E-state index contributed by atoms with van der Waals surface area (Å²) in [5.74, 6) is -1.32. The molecule has 0 bridgehead atoms. The van der Waals surface area contributed by atoms with E-state index in [-0.39, 0.29) is 35.9 Å². The third-order valence-electron chi connectivity index (χ3n) is 5.44. The number of ether oxygens (including phenoxy) is 4. The van der Waals surface area contributed by atoms with E-state index in [1.54, 1.807) is 62.4 Å². The zero-order chi connectivity index (χ0) is 25.5. The van der Waals surface area contributed by atoms with Gasteiger partial charge in [0.2, 0.25) is 0 Å². The van der Waals surface area contributed by atoms with Gasteiger partial charge in [-0.3, -0.25) is 4.90 Å². The Labute approximate surface area is 203 Å². The summed E-state index contributed by atoms with van der Waals surface area (Å²) in [6.45, 7) is 3.45. The minimum Gasteiger partial charge on any atom is -0.497 e. The molecule has 35 heavy (non-hydrogen) atoms. The van der Waals surface area contributed by atoms with Crippen LogP contribution in [0.25, 0.3) is 0 Å². The molecule has 3 rings (SSSR count). The molecule has 0 saturated carbocycles. The van der Waals surface area contributed by atoms with Crippen molar-refractivity contribution in [1.82, 2.24) is 0 Å². The van der Waals surface area contributed by atoms with Crippen molar-refractivity contribution in [2.45, 2.75) is 19.8 Å². The van der Waals surface area contributed by atoms with Gasteiger partial charge in [0.25, 0.3) is 0 Å². The molecule has 1 unspecified atom stereocenters. The first-order valence-corrected chi connectivity index (χ1v) is 11.0. The highest BCUT2D eigenvalue weighted by Crippen LogP contribution is 2.43. The van der Waals surface area contributed by atoms with Gasteiger partial charge in [0.05, 0.1) is 50.6 Å². The van der Waals surface area contributed by atoms with Crippen LogP contribution in [0.4, 0.5) is 5.69 Å². The first-order chi connectivity index (χ1) is 16.9. The van der Waals surface area contributed by atoms with Gasteiger partial charge in [-0.05, 0) is 55.8 Å². The largest absolute Gasteiger partial charge is 0.497 e.